The summed E-state index contributed by atoms with van der Waals surface area (Å²) in [6, 6.07) is 6.33. The molecule has 9 nitrogen and oxygen atoms in total. The minimum absolute atomic E-state index is 0.0353. The van der Waals surface area contributed by atoms with Crippen molar-refractivity contribution in [2.75, 3.05) is 11.5 Å². The maximum absolute atomic E-state index is 13.0. The molecule has 186 valence electrons. The van der Waals surface area contributed by atoms with Crippen LogP contribution in [0.4, 0.5) is 8.78 Å². The number of hydrogen-bond donors (Lipinski definition) is 3. The summed E-state index contributed by atoms with van der Waals surface area (Å²) in [5.41, 5.74) is -2.77. The number of hydrogen-bond acceptors (Lipinski definition) is 7. The first-order chi connectivity index (χ1) is 16.5. The van der Waals surface area contributed by atoms with Crippen LogP contribution in [0.5, 0.6) is 5.75 Å². The Morgan fingerprint density at radius 1 is 1.20 bits per heavy atom. The molecule has 1 saturated heterocycles. The lowest BCUT2D eigenvalue weighted by molar-refractivity contribution is 0.141. The van der Waals surface area contributed by atoms with Gasteiger partial charge in [0.05, 0.1) is 5.69 Å². The van der Waals surface area contributed by atoms with Crippen LogP contribution in [0.2, 0.25) is 10.0 Å². The summed E-state index contributed by atoms with van der Waals surface area (Å²) in [5, 5.41) is 13.6. The van der Waals surface area contributed by atoms with Crippen LogP contribution < -0.4 is 16.0 Å². The predicted molar refractivity (Wildman–Crippen MR) is 128 cm³/mol. The second kappa shape index (κ2) is 9.90. The number of phenolic OH excluding ortho intramolecular Hbond substituents is 1. The highest BCUT2D eigenvalue weighted by Gasteiger charge is 2.27. The highest BCUT2D eigenvalue weighted by Crippen LogP contribution is 2.32. The number of thioether (sulfide) groups is 1. The lowest BCUT2D eigenvalue weighted by atomic mass is 10.0. The summed E-state index contributed by atoms with van der Waals surface area (Å²) >= 11 is 14.3. The Balaban J connectivity index is 1.68. The van der Waals surface area contributed by atoms with Crippen molar-refractivity contribution in [3.05, 3.63) is 78.0 Å². The first-order valence-electron chi connectivity index (χ1n) is 9.88. The van der Waals surface area contributed by atoms with Gasteiger partial charge in [-0.1, -0.05) is 29.3 Å². The Morgan fingerprint density at radius 2 is 1.86 bits per heavy atom. The number of phenols is 1. The average Bonchev–Trinajstić information content (AvgIpc) is 2.74. The van der Waals surface area contributed by atoms with Gasteiger partial charge >= 0.3 is 5.69 Å². The van der Waals surface area contributed by atoms with Crippen molar-refractivity contribution in [3.8, 4) is 11.4 Å². The Bertz CT molecular complexity index is 1500. The fraction of sp³-hybridized carbons (Fsp3) is 0.250. The van der Waals surface area contributed by atoms with Crippen LogP contribution in [0.25, 0.3) is 5.69 Å². The van der Waals surface area contributed by atoms with Crippen LogP contribution in [0.3, 0.4) is 0 Å². The molecule has 1 aliphatic heterocycles. The van der Waals surface area contributed by atoms with Gasteiger partial charge in [-0.15, -0.1) is 0 Å². The Labute approximate surface area is 211 Å². The van der Waals surface area contributed by atoms with E-state index in [0.29, 0.717) is 27.3 Å². The number of nitrogens with zero attached hydrogens (tertiary/aromatic N) is 2. The van der Waals surface area contributed by atoms with E-state index in [0.717, 1.165) is 0 Å². The molecule has 2 aromatic carbocycles. The van der Waals surface area contributed by atoms with Gasteiger partial charge in [-0.2, -0.15) is 21.5 Å². The summed E-state index contributed by atoms with van der Waals surface area (Å²) in [7, 11) is -3.96. The lowest BCUT2D eigenvalue weighted by Gasteiger charge is -2.25. The molecule has 3 N–H and O–H groups in total. The zero-order valence-electron chi connectivity index (χ0n) is 17.5. The zero-order valence-corrected chi connectivity index (χ0v) is 20.6. The van der Waals surface area contributed by atoms with Crippen molar-refractivity contribution in [3.63, 3.8) is 0 Å². The molecule has 35 heavy (non-hydrogen) atoms. The third kappa shape index (κ3) is 5.38. The van der Waals surface area contributed by atoms with Gasteiger partial charge in [0.2, 0.25) is 10.0 Å². The molecule has 0 bridgehead atoms. The number of aromatic nitrogens is 3. The van der Waals surface area contributed by atoms with E-state index >= 15 is 0 Å². The number of rotatable bonds is 7. The number of aromatic amines is 1. The van der Waals surface area contributed by atoms with Crippen LogP contribution >= 0.6 is 35.0 Å². The van der Waals surface area contributed by atoms with E-state index < -0.39 is 39.1 Å². The Morgan fingerprint density at radius 3 is 2.43 bits per heavy atom. The van der Waals surface area contributed by atoms with Crippen LogP contribution in [0.1, 0.15) is 23.2 Å². The molecule has 2 heterocycles. The number of benzene rings is 2. The van der Waals surface area contributed by atoms with Gasteiger partial charge in [-0.25, -0.2) is 26.7 Å². The van der Waals surface area contributed by atoms with E-state index in [1.165, 1.54) is 30.3 Å². The maximum Gasteiger partial charge on any atom is 0.349 e. The fourth-order valence-electron chi connectivity index (χ4n) is 3.29. The number of alkyl halides is 2. The van der Waals surface area contributed by atoms with Gasteiger partial charge in [0.15, 0.2) is 5.69 Å². The van der Waals surface area contributed by atoms with Crippen molar-refractivity contribution in [1.29, 1.82) is 0 Å². The molecular weight excluding hydrogens is 549 g/mol. The van der Waals surface area contributed by atoms with Crippen molar-refractivity contribution < 1.29 is 22.3 Å². The minimum atomic E-state index is -3.96. The van der Waals surface area contributed by atoms with E-state index in [1.54, 1.807) is 16.7 Å². The first-order valence-corrected chi connectivity index (χ1v) is 13.3. The number of aromatic hydroxyl groups is 1. The van der Waals surface area contributed by atoms with Gasteiger partial charge < -0.3 is 5.11 Å². The number of H-pyrrole nitrogens is 1. The molecule has 1 aliphatic rings. The molecule has 0 amide bonds. The van der Waals surface area contributed by atoms with Crippen molar-refractivity contribution in [2.45, 2.75) is 23.8 Å². The molecule has 0 saturated carbocycles. The number of halogens is 4. The number of sulfonamides is 1. The SMILES string of the molecule is O=c1[nH]c(=O)n(-c2cc(Cl)c(Cc3ccc(O)c(S(=O)(=O)NC4CSC4)c3)c(Cl)c2)nc1C(F)F. The molecule has 0 spiro atoms. The van der Waals surface area contributed by atoms with E-state index in [4.69, 9.17) is 23.2 Å². The van der Waals surface area contributed by atoms with Crippen LogP contribution in [-0.4, -0.2) is 45.8 Å². The van der Waals surface area contributed by atoms with Crippen LogP contribution in [0.15, 0.2) is 44.8 Å². The molecule has 0 unspecified atom stereocenters. The largest absolute Gasteiger partial charge is 0.507 e. The quantitative estimate of drug-likeness (QED) is 0.401. The molecule has 0 aliphatic carbocycles. The third-order valence-electron chi connectivity index (χ3n) is 5.08. The zero-order chi connectivity index (χ0) is 25.5. The van der Waals surface area contributed by atoms with Gasteiger partial charge in [0.1, 0.15) is 10.6 Å². The molecule has 0 radical (unpaired) electrons. The van der Waals surface area contributed by atoms with E-state index in [-0.39, 0.29) is 33.1 Å². The summed E-state index contributed by atoms with van der Waals surface area (Å²) in [6.45, 7) is 0. The number of nitrogens with one attached hydrogen (secondary N) is 2. The summed E-state index contributed by atoms with van der Waals surface area (Å²) < 4.78 is 54.5. The summed E-state index contributed by atoms with van der Waals surface area (Å²) in [5.74, 6) is 0.867. The monoisotopic (exact) mass is 564 g/mol. The van der Waals surface area contributed by atoms with E-state index in [1.807, 2.05) is 0 Å². The molecule has 4 rings (SSSR count). The van der Waals surface area contributed by atoms with Crippen molar-refractivity contribution in [2.24, 2.45) is 0 Å². The standard InChI is InChI=1S/C20H16Cl2F2N4O5S2/c21-13-5-11(28-20(31)25-19(30)17(26-28)18(23)24)6-14(22)12(13)3-9-1-2-15(29)16(4-9)35(32,33)27-10-7-34-8-10/h1-2,4-6,10,18,27,29H,3,7-8H2,(H,25,30,31). The topological polar surface area (TPSA) is 134 Å². The normalized spacial score (nSPS) is 14.3. The first kappa shape index (κ1) is 25.6. The highest BCUT2D eigenvalue weighted by atomic mass is 35.5. The lowest BCUT2D eigenvalue weighted by Crippen LogP contribution is -2.43. The third-order valence-corrected chi connectivity index (χ3v) is 8.59. The fourth-order valence-corrected chi connectivity index (χ4v) is 6.13. The Kier molecular flexibility index (Phi) is 7.25. The Hall–Kier alpha value is -2.45. The molecule has 0 atom stereocenters. The predicted octanol–water partition coefficient (Wildman–Crippen LogP) is 2.86. The highest BCUT2D eigenvalue weighted by molar-refractivity contribution is 8.01. The average molecular weight is 565 g/mol. The molecule has 1 aromatic heterocycles. The maximum atomic E-state index is 13.0. The summed E-state index contributed by atoms with van der Waals surface area (Å²) in [6.07, 6.45) is -3.16. The smallest absolute Gasteiger partial charge is 0.349 e. The minimum Gasteiger partial charge on any atom is -0.507 e. The molecule has 3 aromatic rings. The molecule has 15 heteroatoms. The van der Waals surface area contributed by atoms with Gasteiger partial charge in [0, 0.05) is 34.0 Å². The van der Waals surface area contributed by atoms with E-state index in [2.05, 4.69) is 9.82 Å². The van der Waals surface area contributed by atoms with Crippen molar-refractivity contribution in [1.82, 2.24) is 19.5 Å². The van der Waals surface area contributed by atoms with Crippen molar-refractivity contribution >= 4 is 45.0 Å². The van der Waals surface area contributed by atoms with Gasteiger partial charge in [-0.05, 0) is 35.4 Å². The van der Waals surface area contributed by atoms with Crippen LogP contribution in [-0.2, 0) is 16.4 Å². The molecule has 1 fully saturated rings. The summed E-state index contributed by atoms with van der Waals surface area (Å²) in [4.78, 5) is 25.1. The van der Waals surface area contributed by atoms with E-state index in [9.17, 15) is 31.9 Å². The molecular formula is C20H16Cl2F2N4O5S2. The van der Waals surface area contributed by atoms with Crippen LogP contribution in [0, 0.1) is 0 Å². The van der Waals surface area contributed by atoms with Gasteiger partial charge in [0.25, 0.3) is 12.0 Å². The second-order valence-corrected chi connectivity index (χ2v) is 11.2. The second-order valence-electron chi connectivity index (χ2n) is 7.58. The van der Waals surface area contributed by atoms with Gasteiger partial charge in [-0.3, -0.25) is 9.78 Å².